The maximum atomic E-state index is 12.5. The van der Waals surface area contributed by atoms with Crippen molar-refractivity contribution in [3.8, 4) is 0 Å². The third kappa shape index (κ3) is 4.01. The molecule has 0 fully saturated rings. The Labute approximate surface area is 121 Å². The average molecular weight is 295 g/mol. The zero-order chi connectivity index (χ0) is 15.5. The van der Waals surface area contributed by atoms with E-state index < -0.39 is 11.7 Å². The Bertz CT molecular complexity index is 577. The molecule has 1 aromatic carbocycles. The van der Waals surface area contributed by atoms with Crippen LogP contribution in [0.5, 0.6) is 0 Å². The summed E-state index contributed by atoms with van der Waals surface area (Å²) in [5.74, 6) is 0. The number of hydrogen-bond donors (Lipinski definition) is 1. The molecule has 0 bridgehead atoms. The summed E-state index contributed by atoms with van der Waals surface area (Å²) in [4.78, 5) is 8.48. The SMILES string of the molecule is CNC(Cc1ccc(C(F)(F)F)cc1)c1cnc(C)cn1. The van der Waals surface area contributed by atoms with Crippen molar-refractivity contribution in [2.24, 2.45) is 0 Å². The molecule has 0 radical (unpaired) electrons. The molecule has 1 aromatic heterocycles. The van der Waals surface area contributed by atoms with Gasteiger partial charge < -0.3 is 5.32 Å². The molecule has 1 atom stereocenters. The highest BCUT2D eigenvalue weighted by atomic mass is 19.4. The van der Waals surface area contributed by atoms with Gasteiger partial charge in [-0.2, -0.15) is 13.2 Å². The largest absolute Gasteiger partial charge is 0.416 e. The molecule has 1 N–H and O–H groups in total. The predicted molar refractivity (Wildman–Crippen MR) is 73.7 cm³/mol. The monoisotopic (exact) mass is 295 g/mol. The topological polar surface area (TPSA) is 37.8 Å². The summed E-state index contributed by atoms with van der Waals surface area (Å²) in [6, 6.07) is 5.10. The quantitative estimate of drug-likeness (QED) is 0.940. The van der Waals surface area contributed by atoms with E-state index in [2.05, 4.69) is 15.3 Å². The first-order valence-corrected chi connectivity index (χ1v) is 6.52. The number of rotatable bonds is 4. The average Bonchev–Trinajstić information content (AvgIpc) is 2.45. The Morgan fingerprint density at radius 1 is 1.10 bits per heavy atom. The van der Waals surface area contributed by atoms with Gasteiger partial charge in [-0.1, -0.05) is 12.1 Å². The molecule has 21 heavy (non-hydrogen) atoms. The predicted octanol–water partition coefficient (Wildman–Crippen LogP) is 3.31. The van der Waals surface area contributed by atoms with Crippen LogP contribution in [0.2, 0.25) is 0 Å². The zero-order valence-corrected chi connectivity index (χ0v) is 11.8. The van der Waals surface area contributed by atoms with Crippen molar-refractivity contribution in [3.05, 3.63) is 59.2 Å². The number of aryl methyl sites for hydroxylation is 1. The molecule has 0 amide bonds. The van der Waals surface area contributed by atoms with E-state index in [1.54, 1.807) is 19.4 Å². The van der Waals surface area contributed by atoms with Crippen LogP contribution in [0.15, 0.2) is 36.7 Å². The van der Waals surface area contributed by atoms with Crippen molar-refractivity contribution in [1.29, 1.82) is 0 Å². The first-order chi connectivity index (χ1) is 9.90. The lowest BCUT2D eigenvalue weighted by molar-refractivity contribution is -0.137. The maximum Gasteiger partial charge on any atom is 0.416 e. The molecule has 0 saturated heterocycles. The smallest absolute Gasteiger partial charge is 0.311 e. The van der Waals surface area contributed by atoms with Gasteiger partial charge in [0.1, 0.15) is 0 Å². The van der Waals surface area contributed by atoms with Gasteiger partial charge in [0.2, 0.25) is 0 Å². The van der Waals surface area contributed by atoms with Gasteiger partial charge in [0.25, 0.3) is 0 Å². The van der Waals surface area contributed by atoms with Crippen LogP contribution in [0.3, 0.4) is 0 Å². The highest BCUT2D eigenvalue weighted by molar-refractivity contribution is 5.26. The van der Waals surface area contributed by atoms with E-state index in [0.717, 1.165) is 29.1 Å². The van der Waals surface area contributed by atoms with Crippen LogP contribution >= 0.6 is 0 Å². The molecule has 1 heterocycles. The molecule has 2 rings (SSSR count). The first-order valence-electron chi connectivity index (χ1n) is 6.52. The van der Waals surface area contributed by atoms with E-state index in [1.165, 1.54) is 12.1 Å². The van der Waals surface area contributed by atoms with E-state index >= 15 is 0 Å². The van der Waals surface area contributed by atoms with Gasteiger partial charge in [-0.25, -0.2) is 0 Å². The summed E-state index contributed by atoms with van der Waals surface area (Å²) < 4.78 is 37.6. The molecule has 0 aliphatic rings. The molecule has 3 nitrogen and oxygen atoms in total. The minimum Gasteiger partial charge on any atom is -0.311 e. The minimum atomic E-state index is -4.30. The summed E-state index contributed by atoms with van der Waals surface area (Å²) in [5.41, 5.74) is 1.76. The third-order valence-corrected chi connectivity index (χ3v) is 3.23. The molecule has 6 heteroatoms. The Balaban J connectivity index is 2.13. The summed E-state index contributed by atoms with van der Waals surface area (Å²) >= 11 is 0. The van der Waals surface area contributed by atoms with E-state index in [4.69, 9.17) is 0 Å². The van der Waals surface area contributed by atoms with Crippen LogP contribution < -0.4 is 5.32 Å². The fourth-order valence-electron chi connectivity index (χ4n) is 2.00. The normalized spacial score (nSPS) is 13.2. The number of halogens is 3. The van der Waals surface area contributed by atoms with Crippen molar-refractivity contribution in [1.82, 2.24) is 15.3 Å². The van der Waals surface area contributed by atoms with E-state index in [-0.39, 0.29) is 6.04 Å². The van der Waals surface area contributed by atoms with Crippen molar-refractivity contribution in [2.45, 2.75) is 25.6 Å². The molecular weight excluding hydrogens is 279 g/mol. The number of hydrogen-bond acceptors (Lipinski definition) is 3. The van der Waals surface area contributed by atoms with Crippen LogP contribution in [0.25, 0.3) is 0 Å². The second-order valence-electron chi connectivity index (χ2n) is 4.82. The van der Waals surface area contributed by atoms with E-state index in [9.17, 15) is 13.2 Å². The standard InChI is InChI=1S/C15H16F3N3/c1-10-8-21-14(9-20-10)13(19-2)7-11-3-5-12(6-4-11)15(16,17)18/h3-6,8-9,13,19H,7H2,1-2H3. The van der Waals surface area contributed by atoms with Gasteiger partial charge >= 0.3 is 6.18 Å². The second-order valence-corrected chi connectivity index (χ2v) is 4.82. The molecule has 112 valence electrons. The van der Waals surface area contributed by atoms with Crippen molar-refractivity contribution < 1.29 is 13.2 Å². The number of nitrogens with one attached hydrogen (secondary N) is 1. The fourth-order valence-corrected chi connectivity index (χ4v) is 2.00. The maximum absolute atomic E-state index is 12.5. The summed E-state index contributed by atoms with van der Waals surface area (Å²) in [6.07, 6.45) is -0.400. The Morgan fingerprint density at radius 3 is 2.24 bits per heavy atom. The molecule has 0 aliphatic heterocycles. The lowest BCUT2D eigenvalue weighted by atomic mass is 10.0. The molecule has 0 spiro atoms. The highest BCUT2D eigenvalue weighted by Gasteiger charge is 2.30. The number of likely N-dealkylation sites (N-methyl/N-ethyl adjacent to an activating group) is 1. The molecule has 1 unspecified atom stereocenters. The Kier molecular flexibility index (Phi) is 4.57. The molecule has 2 aromatic rings. The van der Waals surface area contributed by atoms with Crippen LogP contribution in [0.1, 0.15) is 28.6 Å². The number of aromatic nitrogens is 2. The van der Waals surface area contributed by atoms with Crippen molar-refractivity contribution >= 4 is 0 Å². The van der Waals surface area contributed by atoms with Gasteiger partial charge in [0.15, 0.2) is 0 Å². The van der Waals surface area contributed by atoms with Crippen molar-refractivity contribution in [2.75, 3.05) is 7.05 Å². The van der Waals surface area contributed by atoms with Crippen LogP contribution in [-0.2, 0) is 12.6 Å². The number of alkyl halides is 3. The van der Waals surface area contributed by atoms with Gasteiger partial charge in [0.05, 0.1) is 29.2 Å². The second kappa shape index (κ2) is 6.22. The zero-order valence-electron chi connectivity index (χ0n) is 11.8. The lowest BCUT2D eigenvalue weighted by Crippen LogP contribution is -2.20. The summed E-state index contributed by atoms with van der Waals surface area (Å²) in [6.45, 7) is 1.85. The summed E-state index contributed by atoms with van der Waals surface area (Å²) in [5, 5.41) is 3.11. The van der Waals surface area contributed by atoms with E-state index in [0.29, 0.717) is 6.42 Å². The molecule has 0 saturated carbocycles. The number of benzene rings is 1. The highest BCUT2D eigenvalue weighted by Crippen LogP contribution is 2.29. The first kappa shape index (κ1) is 15.4. The fraction of sp³-hybridized carbons (Fsp3) is 0.333. The minimum absolute atomic E-state index is 0.0881. The van der Waals surface area contributed by atoms with Gasteiger partial charge in [-0.15, -0.1) is 0 Å². The molecular formula is C15H16F3N3. The Hall–Kier alpha value is -1.95. The van der Waals surface area contributed by atoms with Gasteiger partial charge in [0, 0.05) is 6.20 Å². The molecule has 0 aliphatic carbocycles. The summed E-state index contributed by atoms with van der Waals surface area (Å²) in [7, 11) is 1.79. The Morgan fingerprint density at radius 2 is 1.76 bits per heavy atom. The van der Waals surface area contributed by atoms with Crippen LogP contribution in [0.4, 0.5) is 13.2 Å². The third-order valence-electron chi connectivity index (χ3n) is 3.23. The van der Waals surface area contributed by atoms with E-state index in [1.807, 2.05) is 6.92 Å². The van der Waals surface area contributed by atoms with Crippen molar-refractivity contribution in [3.63, 3.8) is 0 Å². The van der Waals surface area contributed by atoms with Crippen LogP contribution in [0, 0.1) is 6.92 Å². The van der Waals surface area contributed by atoms with Gasteiger partial charge in [-0.05, 0) is 38.1 Å². The number of nitrogens with zero attached hydrogens (tertiary/aromatic N) is 2. The lowest BCUT2D eigenvalue weighted by Gasteiger charge is -2.16. The van der Waals surface area contributed by atoms with Crippen LogP contribution in [-0.4, -0.2) is 17.0 Å². The van der Waals surface area contributed by atoms with Gasteiger partial charge in [-0.3, -0.25) is 9.97 Å².